The zero-order valence-corrected chi connectivity index (χ0v) is 14.8. The van der Waals surface area contributed by atoms with Crippen LogP contribution in [0.2, 0.25) is 0 Å². The molecule has 6 heteroatoms. The maximum atomic E-state index is 12.6. The van der Waals surface area contributed by atoms with Gasteiger partial charge in [0.2, 0.25) is 8.77 Å². The van der Waals surface area contributed by atoms with Gasteiger partial charge in [0.05, 0.1) is 4.90 Å². The van der Waals surface area contributed by atoms with Gasteiger partial charge in [-0.25, -0.2) is 4.21 Å². The Hall–Kier alpha value is -1.79. The van der Waals surface area contributed by atoms with Crippen molar-refractivity contribution < 1.29 is 8.39 Å². The Bertz CT molecular complexity index is 722. The molecule has 0 amide bonds. The van der Waals surface area contributed by atoms with Crippen LogP contribution in [0.3, 0.4) is 0 Å². The molecular formula is C16H20N2O2S2. The molecule has 0 fully saturated rings. The van der Waals surface area contributed by atoms with Crippen LogP contribution in [-0.4, -0.2) is 32.4 Å². The minimum atomic E-state index is -2.99. The van der Waals surface area contributed by atoms with E-state index in [0.717, 1.165) is 11.4 Å². The number of hydrogen-bond donors (Lipinski definition) is 0. The second kappa shape index (κ2) is 6.54. The first kappa shape index (κ1) is 16.6. The van der Waals surface area contributed by atoms with Crippen LogP contribution in [0, 0.1) is 0 Å². The highest BCUT2D eigenvalue weighted by molar-refractivity contribution is 8.30. The SMILES string of the molecule is CN(C)c1ccc(OS(=O)(=S)c2ccc(N(C)C)cc2)cc1. The zero-order valence-electron chi connectivity index (χ0n) is 13.1. The van der Waals surface area contributed by atoms with Gasteiger partial charge in [-0.05, 0) is 48.5 Å². The largest absolute Gasteiger partial charge is 0.397 e. The van der Waals surface area contributed by atoms with Crippen molar-refractivity contribution in [2.45, 2.75) is 4.90 Å². The topological polar surface area (TPSA) is 32.8 Å². The van der Waals surface area contributed by atoms with Crippen LogP contribution >= 0.6 is 0 Å². The number of anilines is 2. The standard InChI is InChI=1S/C16H20N2O2S2/c1-17(2)13-5-9-15(10-6-13)20-22(19,21)16-11-7-14(8-12-16)18(3)4/h5-12H,1-4H3. The summed E-state index contributed by atoms with van der Waals surface area (Å²) in [4.78, 5) is 4.45. The Morgan fingerprint density at radius 3 is 1.64 bits per heavy atom. The van der Waals surface area contributed by atoms with Crippen LogP contribution in [0.4, 0.5) is 11.4 Å². The van der Waals surface area contributed by atoms with E-state index in [-0.39, 0.29) is 0 Å². The van der Waals surface area contributed by atoms with Gasteiger partial charge >= 0.3 is 0 Å². The highest BCUT2D eigenvalue weighted by Crippen LogP contribution is 2.23. The Morgan fingerprint density at radius 2 is 1.23 bits per heavy atom. The van der Waals surface area contributed by atoms with E-state index in [0.29, 0.717) is 10.6 Å². The summed E-state index contributed by atoms with van der Waals surface area (Å²) in [6, 6.07) is 14.6. The number of rotatable bonds is 5. The lowest BCUT2D eigenvalue weighted by Crippen LogP contribution is -2.11. The van der Waals surface area contributed by atoms with Gasteiger partial charge in [0.1, 0.15) is 5.75 Å². The summed E-state index contributed by atoms with van der Waals surface area (Å²) in [6.45, 7) is 0. The van der Waals surface area contributed by atoms with Gasteiger partial charge < -0.3 is 14.0 Å². The van der Waals surface area contributed by atoms with E-state index >= 15 is 0 Å². The van der Waals surface area contributed by atoms with Crippen molar-refractivity contribution in [1.82, 2.24) is 0 Å². The van der Waals surface area contributed by atoms with E-state index in [1.54, 1.807) is 24.3 Å². The molecule has 0 aromatic heterocycles. The average Bonchev–Trinajstić information content (AvgIpc) is 2.47. The minimum Gasteiger partial charge on any atom is -0.397 e. The Kier molecular flexibility index (Phi) is 4.93. The summed E-state index contributed by atoms with van der Waals surface area (Å²) in [5.74, 6) is 0.502. The highest BCUT2D eigenvalue weighted by atomic mass is 32.8. The molecule has 1 unspecified atom stereocenters. The second-order valence-electron chi connectivity index (χ2n) is 5.31. The molecule has 0 saturated carbocycles. The van der Waals surface area contributed by atoms with Crippen molar-refractivity contribution in [3.63, 3.8) is 0 Å². The van der Waals surface area contributed by atoms with Gasteiger partial charge in [-0.3, -0.25) is 0 Å². The van der Waals surface area contributed by atoms with Crippen LogP contribution in [0.1, 0.15) is 0 Å². The molecule has 4 nitrogen and oxygen atoms in total. The molecule has 0 heterocycles. The normalized spacial score (nSPS) is 13.3. The summed E-state index contributed by atoms with van der Waals surface area (Å²) < 4.78 is 18.2. The summed E-state index contributed by atoms with van der Waals surface area (Å²) in [7, 11) is 4.82. The molecule has 2 aromatic carbocycles. The molecule has 0 aliphatic carbocycles. The van der Waals surface area contributed by atoms with Crippen LogP contribution in [-0.2, 0) is 20.0 Å². The summed E-state index contributed by atoms with van der Waals surface area (Å²) in [6.07, 6.45) is 0. The second-order valence-corrected chi connectivity index (χ2v) is 8.18. The van der Waals surface area contributed by atoms with Crippen molar-refractivity contribution in [3.05, 3.63) is 48.5 Å². The monoisotopic (exact) mass is 336 g/mol. The van der Waals surface area contributed by atoms with E-state index in [4.69, 9.17) is 15.4 Å². The lowest BCUT2D eigenvalue weighted by atomic mass is 10.3. The molecule has 2 aromatic rings. The van der Waals surface area contributed by atoms with Gasteiger partial charge in [-0.1, -0.05) is 0 Å². The molecular weight excluding hydrogens is 316 g/mol. The van der Waals surface area contributed by atoms with Gasteiger partial charge in [-0.2, -0.15) is 0 Å². The fourth-order valence-electron chi connectivity index (χ4n) is 1.89. The third kappa shape index (κ3) is 3.90. The molecule has 0 bridgehead atoms. The molecule has 0 spiro atoms. The number of benzene rings is 2. The summed E-state index contributed by atoms with van der Waals surface area (Å²) >= 11 is 5.17. The molecule has 0 saturated heterocycles. The maximum absolute atomic E-state index is 12.6. The number of hydrogen-bond acceptors (Lipinski definition) is 5. The van der Waals surface area contributed by atoms with Crippen LogP contribution in [0.25, 0.3) is 0 Å². The van der Waals surface area contributed by atoms with Gasteiger partial charge in [-0.15, -0.1) is 0 Å². The van der Waals surface area contributed by atoms with E-state index < -0.39 is 8.77 Å². The van der Waals surface area contributed by atoms with E-state index in [9.17, 15) is 4.21 Å². The fraction of sp³-hybridized carbons (Fsp3) is 0.250. The average molecular weight is 336 g/mol. The highest BCUT2D eigenvalue weighted by Gasteiger charge is 2.13. The Balaban J connectivity index is 2.20. The predicted octanol–water partition coefficient (Wildman–Crippen LogP) is 2.92. The van der Waals surface area contributed by atoms with Gasteiger partial charge in [0.15, 0.2) is 0 Å². The molecule has 1 atom stereocenters. The molecule has 0 N–H and O–H groups in total. The van der Waals surface area contributed by atoms with Crippen molar-refractivity contribution in [1.29, 1.82) is 0 Å². The lowest BCUT2D eigenvalue weighted by molar-refractivity contribution is 0.559. The smallest absolute Gasteiger partial charge is 0.215 e. The van der Waals surface area contributed by atoms with Crippen LogP contribution in [0.5, 0.6) is 5.75 Å². The van der Waals surface area contributed by atoms with Crippen molar-refractivity contribution in [2.24, 2.45) is 0 Å². The first-order valence-corrected chi connectivity index (χ1v) is 9.20. The molecule has 22 heavy (non-hydrogen) atoms. The molecule has 2 rings (SSSR count). The third-order valence-corrected chi connectivity index (χ3v) is 5.24. The van der Waals surface area contributed by atoms with Crippen molar-refractivity contribution in [3.8, 4) is 5.75 Å². The minimum absolute atomic E-state index is 0.502. The van der Waals surface area contributed by atoms with E-state index in [1.165, 1.54) is 0 Å². The fourth-order valence-corrected chi connectivity index (χ4v) is 3.38. The quantitative estimate of drug-likeness (QED) is 0.838. The third-order valence-electron chi connectivity index (χ3n) is 3.20. The first-order valence-electron chi connectivity index (χ1n) is 6.79. The van der Waals surface area contributed by atoms with Gasteiger partial charge in [0.25, 0.3) is 0 Å². The Labute approximate surface area is 137 Å². The molecule has 118 valence electrons. The zero-order chi connectivity index (χ0) is 16.3. The van der Waals surface area contributed by atoms with Crippen LogP contribution in [0.15, 0.2) is 53.4 Å². The molecule has 0 radical (unpaired) electrons. The van der Waals surface area contributed by atoms with E-state index in [1.807, 2.05) is 62.3 Å². The lowest BCUT2D eigenvalue weighted by Gasteiger charge is -2.15. The van der Waals surface area contributed by atoms with Gasteiger partial charge in [0, 0.05) is 50.8 Å². The number of nitrogens with zero attached hydrogens (tertiary/aromatic N) is 2. The summed E-state index contributed by atoms with van der Waals surface area (Å²) in [5.41, 5.74) is 2.06. The maximum Gasteiger partial charge on any atom is 0.215 e. The van der Waals surface area contributed by atoms with Crippen LogP contribution < -0.4 is 14.0 Å². The molecule has 0 aliphatic heterocycles. The Morgan fingerprint density at radius 1 is 0.818 bits per heavy atom. The summed E-state index contributed by atoms with van der Waals surface area (Å²) in [5, 5.41) is 0. The predicted molar refractivity (Wildman–Crippen MR) is 95.9 cm³/mol. The first-order chi connectivity index (χ1) is 10.3. The van der Waals surface area contributed by atoms with Crippen molar-refractivity contribution >= 4 is 31.3 Å². The molecule has 0 aliphatic rings. The van der Waals surface area contributed by atoms with Crippen molar-refractivity contribution in [2.75, 3.05) is 38.0 Å². The van der Waals surface area contributed by atoms with E-state index in [2.05, 4.69) is 0 Å².